The first-order chi connectivity index (χ1) is 16.3. The molecular weight excluding hydrogens is 404 g/mol. The zero-order valence-corrected chi connectivity index (χ0v) is 18.0. The second-order valence-corrected chi connectivity index (χ2v) is 7.70. The molecule has 0 bridgehead atoms. The van der Waals surface area contributed by atoms with Gasteiger partial charge < -0.3 is 5.11 Å². The van der Waals surface area contributed by atoms with Gasteiger partial charge in [0.15, 0.2) is 0 Å². The minimum absolute atomic E-state index is 0.289. The predicted molar refractivity (Wildman–Crippen MR) is 131 cm³/mol. The van der Waals surface area contributed by atoms with Crippen LogP contribution >= 0.6 is 0 Å². The van der Waals surface area contributed by atoms with Gasteiger partial charge in [-0.05, 0) is 50.7 Å². The van der Waals surface area contributed by atoms with E-state index in [4.69, 9.17) is 0 Å². The van der Waals surface area contributed by atoms with Crippen LogP contribution in [0.3, 0.4) is 0 Å². The van der Waals surface area contributed by atoms with Gasteiger partial charge in [-0.3, -0.25) is 0 Å². The van der Waals surface area contributed by atoms with Crippen molar-refractivity contribution in [3.63, 3.8) is 0 Å². The molecule has 158 valence electrons. The van der Waals surface area contributed by atoms with Crippen molar-refractivity contribution < 1.29 is 9.78 Å². The lowest BCUT2D eigenvalue weighted by atomic mass is 10.00. The number of pyridine rings is 1. The monoisotopic (exact) mass is 426 g/mol. The molecule has 0 atom stereocenters. The van der Waals surface area contributed by atoms with E-state index in [0.29, 0.717) is 5.56 Å². The van der Waals surface area contributed by atoms with Crippen LogP contribution in [-0.2, 0) is 0 Å². The Balaban J connectivity index is 1.82. The summed E-state index contributed by atoms with van der Waals surface area (Å²) in [7, 11) is 0. The molecule has 5 rings (SSSR count). The highest BCUT2D eigenvalue weighted by atomic mass is 16.3. The number of hydrogen-bond acceptors (Lipinski definition) is 2. The first kappa shape index (κ1) is 20.4. The van der Waals surface area contributed by atoms with Crippen molar-refractivity contribution in [3.8, 4) is 33.6 Å². The maximum absolute atomic E-state index is 13.1. The first-order valence-electron chi connectivity index (χ1n) is 10.9. The molecule has 0 aliphatic rings. The van der Waals surface area contributed by atoms with Gasteiger partial charge in [0.25, 0.3) is 0 Å². The number of rotatable bonds is 5. The second kappa shape index (κ2) is 9.33. The van der Waals surface area contributed by atoms with Crippen LogP contribution in [0, 0.1) is 0 Å². The summed E-state index contributed by atoms with van der Waals surface area (Å²) < 4.78 is 1.77. The van der Waals surface area contributed by atoms with Gasteiger partial charge in [-0.1, -0.05) is 97.1 Å². The molecule has 3 heteroatoms. The van der Waals surface area contributed by atoms with Crippen molar-refractivity contribution in [1.82, 2.24) is 0 Å². The average molecular weight is 427 g/mol. The number of benzene rings is 4. The summed E-state index contributed by atoms with van der Waals surface area (Å²) in [5.74, 6) is -0.289. The lowest BCUT2D eigenvalue weighted by Crippen LogP contribution is -2.38. The molecule has 0 aliphatic carbocycles. The van der Waals surface area contributed by atoms with Gasteiger partial charge in [0, 0.05) is 23.3 Å². The van der Waals surface area contributed by atoms with Gasteiger partial charge >= 0.3 is 0 Å². The van der Waals surface area contributed by atoms with Crippen LogP contribution < -0.4 is 9.78 Å². The van der Waals surface area contributed by atoms with Crippen LogP contribution in [-0.4, -0.2) is 5.90 Å². The highest BCUT2D eigenvalue weighted by molar-refractivity contribution is 5.90. The van der Waals surface area contributed by atoms with E-state index >= 15 is 0 Å². The SMILES string of the molecule is [O-]C(=N[n+]1c(-c2ccccc2)cc(-c2ccccc2)cc1-c1ccccc1)c1ccccc1. The molecule has 1 aromatic heterocycles. The summed E-state index contributed by atoms with van der Waals surface area (Å²) in [4.78, 5) is 0. The zero-order valence-electron chi connectivity index (χ0n) is 18.0. The van der Waals surface area contributed by atoms with Crippen LogP contribution in [0.4, 0.5) is 0 Å². The molecule has 0 aliphatic heterocycles. The van der Waals surface area contributed by atoms with E-state index in [2.05, 4.69) is 29.4 Å². The second-order valence-electron chi connectivity index (χ2n) is 7.70. The molecule has 0 N–H and O–H groups in total. The Kier molecular flexibility index (Phi) is 5.77. The summed E-state index contributed by atoms with van der Waals surface area (Å²) in [6, 6.07) is 43.7. The van der Waals surface area contributed by atoms with Crippen molar-refractivity contribution in [1.29, 1.82) is 0 Å². The van der Waals surface area contributed by atoms with E-state index in [1.807, 2.05) is 97.1 Å². The molecule has 0 fully saturated rings. The maximum Gasteiger partial charge on any atom is 0.246 e. The molecular formula is C30H22N2O. The normalized spacial score (nSPS) is 11.3. The van der Waals surface area contributed by atoms with Crippen molar-refractivity contribution in [2.24, 2.45) is 5.10 Å². The molecule has 5 aromatic rings. The van der Waals surface area contributed by atoms with Gasteiger partial charge in [-0.15, -0.1) is 0 Å². The van der Waals surface area contributed by atoms with Gasteiger partial charge in [-0.2, -0.15) is 0 Å². The summed E-state index contributed by atoms with van der Waals surface area (Å²) in [6.07, 6.45) is 0. The van der Waals surface area contributed by atoms with Crippen LogP contribution in [0.2, 0.25) is 0 Å². The van der Waals surface area contributed by atoms with Gasteiger partial charge in [0.1, 0.15) is 0 Å². The standard InChI is InChI=1S/C30H22N2O/c33-30(26-19-11-4-12-20-26)31-32-28(24-15-7-2-8-16-24)21-27(23-13-5-1-6-14-23)22-29(32)25-17-9-3-10-18-25/h1-22H. The summed E-state index contributed by atoms with van der Waals surface area (Å²) in [6.45, 7) is 0. The van der Waals surface area contributed by atoms with Crippen molar-refractivity contribution in [2.45, 2.75) is 0 Å². The van der Waals surface area contributed by atoms with Crippen molar-refractivity contribution >= 4 is 5.90 Å². The molecule has 33 heavy (non-hydrogen) atoms. The molecule has 0 amide bonds. The van der Waals surface area contributed by atoms with Gasteiger partial charge in [0.2, 0.25) is 11.4 Å². The van der Waals surface area contributed by atoms with E-state index < -0.39 is 0 Å². The minimum Gasteiger partial charge on any atom is -0.854 e. The molecule has 4 aromatic carbocycles. The largest absolute Gasteiger partial charge is 0.854 e. The molecule has 0 unspecified atom stereocenters. The Morgan fingerprint density at radius 1 is 0.485 bits per heavy atom. The molecule has 0 saturated carbocycles. The Morgan fingerprint density at radius 2 is 0.879 bits per heavy atom. The average Bonchev–Trinajstić information content (AvgIpc) is 2.90. The number of aromatic nitrogens is 1. The summed E-state index contributed by atoms with van der Waals surface area (Å²) in [5.41, 5.74) is 6.38. The number of hydrogen-bond donors (Lipinski definition) is 0. The first-order valence-corrected chi connectivity index (χ1v) is 10.9. The lowest BCUT2D eigenvalue weighted by molar-refractivity contribution is -0.659. The predicted octanol–water partition coefficient (Wildman–Crippen LogP) is 5.55. The lowest BCUT2D eigenvalue weighted by Gasteiger charge is -2.12. The molecule has 0 radical (unpaired) electrons. The van der Waals surface area contributed by atoms with Crippen LogP contribution in [0.25, 0.3) is 33.6 Å². The Hall–Kier alpha value is -4.50. The zero-order chi connectivity index (χ0) is 22.5. The highest BCUT2D eigenvalue weighted by Crippen LogP contribution is 2.29. The highest BCUT2D eigenvalue weighted by Gasteiger charge is 2.23. The third kappa shape index (κ3) is 4.43. The third-order valence-corrected chi connectivity index (χ3v) is 5.50. The van der Waals surface area contributed by atoms with Crippen molar-refractivity contribution in [2.75, 3.05) is 0 Å². The molecule has 3 nitrogen and oxygen atoms in total. The van der Waals surface area contributed by atoms with Gasteiger partial charge in [0.05, 0.1) is 5.90 Å². The van der Waals surface area contributed by atoms with Gasteiger partial charge in [-0.25, -0.2) is 0 Å². The van der Waals surface area contributed by atoms with Crippen molar-refractivity contribution in [3.05, 3.63) is 139 Å². The third-order valence-electron chi connectivity index (χ3n) is 5.50. The molecule has 0 spiro atoms. The van der Waals surface area contributed by atoms with E-state index in [-0.39, 0.29) is 5.90 Å². The van der Waals surface area contributed by atoms with Crippen LogP contribution in [0.5, 0.6) is 0 Å². The van der Waals surface area contributed by atoms with E-state index in [9.17, 15) is 5.11 Å². The Morgan fingerprint density at radius 3 is 1.33 bits per heavy atom. The fourth-order valence-electron chi connectivity index (χ4n) is 3.85. The molecule has 1 heterocycles. The van der Waals surface area contributed by atoms with E-state index in [1.165, 1.54) is 0 Å². The minimum atomic E-state index is -0.289. The van der Waals surface area contributed by atoms with Crippen LogP contribution in [0.1, 0.15) is 5.56 Å². The van der Waals surface area contributed by atoms with E-state index in [0.717, 1.165) is 33.6 Å². The smallest absolute Gasteiger partial charge is 0.246 e. The Bertz CT molecular complexity index is 1320. The fraction of sp³-hybridized carbons (Fsp3) is 0. The Labute approximate surface area is 193 Å². The molecule has 0 saturated heterocycles. The number of nitrogens with zero attached hydrogens (tertiary/aromatic N) is 2. The van der Waals surface area contributed by atoms with Crippen LogP contribution in [0.15, 0.2) is 139 Å². The van der Waals surface area contributed by atoms with E-state index in [1.54, 1.807) is 16.8 Å². The topological polar surface area (TPSA) is 39.3 Å². The fourth-order valence-corrected chi connectivity index (χ4v) is 3.85. The summed E-state index contributed by atoms with van der Waals surface area (Å²) in [5, 5.41) is 17.7. The summed E-state index contributed by atoms with van der Waals surface area (Å²) >= 11 is 0. The maximum atomic E-state index is 13.1. The quantitative estimate of drug-likeness (QED) is 0.206.